The molecule has 0 fully saturated rings. The van der Waals surface area contributed by atoms with Gasteiger partial charge in [0.25, 0.3) is 0 Å². The topological polar surface area (TPSA) is 0 Å². The molecular weight excluding hydrogens is 216 g/mol. The number of rotatable bonds is 13. The maximum Gasteiger partial charge on any atom is -0.0414 e. The first-order chi connectivity index (χ1) is 8.78. The van der Waals surface area contributed by atoms with Crippen LogP contribution in [-0.2, 0) is 0 Å². The molecule has 0 N–H and O–H groups in total. The second-order valence-corrected chi connectivity index (χ2v) is 6.13. The van der Waals surface area contributed by atoms with Crippen LogP contribution < -0.4 is 0 Å². The summed E-state index contributed by atoms with van der Waals surface area (Å²) in [4.78, 5) is 0. The van der Waals surface area contributed by atoms with Gasteiger partial charge in [-0.1, -0.05) is 98.3 Å². The highest BCUT2D eigenvalue weighted by molar-refractivity contribution is 4.65. The van der Waals surface area contributed by atoms with Crippen LogP contribution in [0.3, 0.4) is 0 Å². The van der Waals surface area contributed by atoms with E-state index in [1.165, 1.54) is 77.0 Å². The van der Waals surface area contributed by atoms with Gasteiger partial charge in [-0.3, -0.25) is 0 Å². The molecule has 0 bridgehead atoms. The molecule has 0 rings (SSSR count). The van der Waals surface area contributed by atoms with Gasteiger partial charge in [-0.05, 0) is 18.3 Å². The number of unbranched alkanes of at least 4 members (excludes halogenated alkanes) is 5. The highest BCUT2D eigenvalue weighted by atomic mass is 14.2. The average Bonchev–Trinajstić information content (AvgIpc) is 2.40. The molecule has 0 saturated carbocycles. The van der Waals surface area contributed by atoms with Crippen LogP contribution in [0.2, 0.25) is 0 Å². The lowest BCUT2D eigenvalue weighted by Crippen LogP contribution is -2.08. The van der Waals surface area contributed by atoms with Crippen LogP contribution in [0.4, 0.5) is 0 Å². The number of hydrogen-bond donors (Lipinski definition) is 0. The summed E-state index contributed by atoms with van der Waals surface area (Å²) in [6, 6.07) is 0. The molecule has 0 amide bonds. The Kier molecular flexibility index (Phi) is 13.4. The Morgan fingerprint density at radius 2 is 1.00 bits per heavy atom. The normalized spacial score (nSPS) is 14.7. The molecule has 0 heteroatoms. The maximum absolute atomic E-state index is 2.39. The molecule has 0 aromatic rings. The second kappa shape index (κ2) is 13.4. The third-order valence-electron chi connectivity index (χ3n) is 4.50. The first kappa shape index (κ1) is 18.0. The van der Waals surface area contributed by atoms with Crippen LogP contribution in [0, 0.1) is 11.8 Å². The van der Waals surface area contributed by atoms with Crippen molar-refractivity contribution in [2.75, 3.05) is 0 Å². The van der Waals surface area contributed by atoms with Crippen LogP contribution >= 0.6 is 0 Å². The third-order valence-corrected chi connectivity index (χ3v) is 4.50. The Morgan fingerprint density at radius 3 is 1.44 bits per heavy atom. The first-order valence-electron chi connectivity index (χ1n) is 8.78. The van der Waals surface area contributed by atoms with E-state index >= 15 is 0 Å². The van der Waals surface area contributed by atoms with Gasteiger partial charge in [0, 0.05) is 0 Å². The fourth-order valence-corrected chi connectivity index (χ4v) is 2.99. The van der Waals surface area contributed by atoms with Gasteiger partial charge in [0.15, 0.2) is 0 Å². The molecule has 0 nitrogen and oxygen atoms in total. The number of hydrogen-bond acceptors (Lipinski definition) is 0. The predicted molar refractivity (Wildman–Crippen MR) is 85.1 cm³/mol. The van der Waals surface area contributed by atoms with Gasteiger partial charge >= 0.3 is 0 Å². The van der Waals surface area contributed by atoms with E-state index in [1.807, 2.05) is 0 Å². The molecule has 0 saturated heterocycles. The van der Waals surface area contributed by atoms with E-state index in [2.05, 4.69) is 27.7 Å². The Hall–Kier alpha value is 0. The average molecular weight is 255 g/mol. The van der Waals surface area contributed by atoms with Crippen molar-refractivity contribution >= 4 is 0 Å². The van der Waals surface area contributed by atoms with Crippen molar-refractivity contribution in [2.24, 2.45) is 11.8 Å². The SMILES string of the molecule is CCCCCCC(CC)CC(CC)CCCCC. The van der Waals surface area contributed by atoms with Crippen LogP contribution in [-0.4, -0.2) is 0 Å². The van der Waals surface area contributed by atoms with Crippen molar-refractivity contribution in [3.05, 3.63) is 0 Å². The maximum atomic E-state index is 2.39. The monoisotopic (exact) mass is 254 g/mol. The molecule has 0 heterocycles. The van der Waals surface area contributed by atoms with Crippen LogP contribution in [0.15, 0.2) is 0 Å². The van der Waals surface area contributed by atoms with Gasteiger partial charge in [0.1, 0.15) is 0 Å². The zero-order chi connectivity index (χ0) is 13.6. The fraction of sp³-hybridized carbons (Fsp3) is 1.00. The van der Waals surface area contributed by atoms with E-state index in [9.17, 15) is 0 Å². The molecule has 2 atom stereocenters. The Morgan fingerprint density at radius 1 is 0.556 bits per heavy atom. The minimum absolute atomic E-state index is 1.01. The summed E-state index contributed by atoms with van der Waals surface area (Å²) in [5.74, 6) is 2.01. The van der Waals surface area contributed by atoms with Crippen molar-refractivity contribution < 1.29 is 0 Å². The minimum atomic E-state index is 1.01. The summed E-state index contributed by atoms with van der Waals surface area (Å²) in [5.41, 5.74) is 0. The van der Waals surface area contributed by atoms with Crippen molar-refractivity contribution in [3.63, 3.8) is 0 Å². The lowest BCUT2D eigenvalue weighted by atomic mass is 9.84. The minimum Gasteiger partial charge on any atom is -0.0654 e. The predicted octanol–water partition coefficient (Wildman–Crippen LogP) is 6.98. The zero-order valence-corrected chi connectivity index (χ0v) is 13.6. The summed E-state index contributed by atoms with van der Waals surface area (Å²) >= 11 is 0. The summed E-state index contributed by atoms with van der Waals surface area (Å²) < 4.78 is 0. The van der Waals surface area contributed by atoms with Gasteiger partial charge in [-0.2, -0.15) is 0 Å². The molecule has 0 aliphatic rings. The Bertz CT molecular complexity index is 150. The Balaban J connectivity index is 3.76. The van der Waals surface area contributed by atoms with E-state index in [0.29, 0.717) is 0 Å². The first-order valence-corrected chi connectivity index (χ1v) is 8.78. The Labute approximate surface area is 117 Å². The van der Waals surface area contributed by atoms with Gasteiger partial charge in [0.2, 0.25) is 0 Å². The molecule has 18 heavy (non-hydrogen) atoms. The summed E-state index contributed by atoms with van der Waals surface area (Å²) in [6.45, 7) is 9.39. The molecule has 0 aliphatic carbocycles. The van der Waals surface area contributed by atoms with Crippen molar-refractivity contribution in [3.8, 4) is 0 Å². The van der Waals surface area contributed by atoms with E-state index in [0.717, 1.165) is 11.8 Å². The van der Waals surface area contributed by atoms with Crippen molar-refractivity contribution in [1.82, 2.24) is 0 Å². The van der Waals surface area contributed by atoms with Crippen molar-refractivity contribution in [2.45, 2.75) is 105 Å². The van der Waals surface area contributed by atoms with Gasteiger partial charge < -0.3 is 0 Å². The van der Waals surface area contributed by atoms with Gasteiger partial charge in [-0.25, -0.2) is 0 Å². The molecule has 0 aliphatic heterocycles. The highest BCUT2D eigenvalue weighted by Crippen LogP contribution is 2.27. The highest BCUT2D eigenvalue weighted by Gasteiger charge is 2.13. The quantitative estimate of drug-likeness (QED) is 0.311. The largest absolute Gasteiger partial charge is 0.0654 e. The molecule has 0 aromatic heterocycles. The summed E-state index contributed by atoms with van der Waals surface area (Å²) in [6.07, 6.45) is 17.3. The summed E-state index contributed by atoms with van der Waals surface area (Å²) in [5, 5.41) is 0. The fourth-order valence-electron chi connectivity index (χ4n) is 2.99. The van der Waals surface area contributed by atoms with E-state index in [1.54, 1.807) is 0 Å². The standard InChI is InChI=1S/C18H38/c1-5-9-11-13-15-18(8-4)16-17(7-3)14-12-10-6-2/h17-18H,5-16H2,1-4H3. The lowest BCUT2D eigenvalue weighted by Gasteiger charge is -2.22. The van der Waals surface area contributed by atoms with Crippen LogP contribution in [0.1, 0.15) is 105 Å². The smallest absolute Gasteiger partial charge is 0.0414 e. The molecule has 2 unspecified atom stereocenters. The van der Waals surface area contributed by atoms with Crippen LogP contribution in [0.5, 0.6) is 0 Å². The lowest BCUT2D eigenvalue weighted by molar-refractivity contribution is 0.308. The summed E-state index contributed by atoms with van der Waals surface area (Å²) in [7, 11) is 0. The molecule has 0 radical (unpaired) electrons. The van der Waals surface area contributed by atoms with Gasteiger partial charge in [-0.15, -0.1) is 0 Å². The second-order valence-electron chi connectivity index (χ2n) is 6.13. The van der Waals surface area contributed by atoms with E-state index in [-0.39, 0.29) is 0 Å². The zero-order valence-electron chi connectivity index (χ0n) is 13.6. The van der Waals surface area contributed by atoms with E-state index < -0.39 is 0 Å². The van der Waals surface area contributed by atoms with Crippen molar-refractivity contribution in [1.29, 1.82) is 0 Å². The molecular formula is C18H38. The molecule has 110 valence electrons. The molecule has 0 aromatic carbocycles. The third kappa shape index (κ3) is 9.97. The molecule has 0 spiro atoms. The van der Waals surface area contributed by atoms with Crippen LogP contribution in [0.25, 0.3) is 0 Å². The van der Waals surface area contributed by atoms with E-state index in [4.69, 9.17) is 0 Å². The van der Waals surface area contributed by atoms with Gasteiger partial charge in [0.05, 0.1) is 0 Å².